The first-order valence-electron chi connectivity index (χ1n) is 7.58. The number of carbonyl (C=O) groups is 1. The lowest BCUT2D eigenvalue weighted by Gasteiger charge is -2.10. The van der Waals surface area contributed by atoms with E-state index >= 15 is 0 Å². The van der Waals surface area contributed by atoms with Crippen LogP contribution in [0, 0.1) is 6.92 Å². The molecule has 0 saturated carbocycles. The molecule has 3 nitrogen and oxygen atoms in total. The lowest BCUT2D eigenvalue weighted by atomic mass is 10.1. The van der Waals surface area contributed by atoms with Crippen molar-refractivity contribution in [1.29, 1.82) is 0 Å². The molecule has 2 rings (SSSR count). The summed E-state index contributed by atoms with van der Waals surface area (Å²) < 4.78 is 37.4. The van der Waals surface area contributed by atoms with Crippen LogP contribution in [0.3, 0.4) is 0 Å². The quantitative estimate of drug-likeness (QED) is 0.833. The van der Waals surface area contributed by atoms with Crippen LogP contribution in [0.25, 0.3) is 0 Å². The van der Waals surface area contributed by atoms with Gasteiger partial charge in [0.2, 0.25) is 5.91 Å². The fourth-order valence-electron chi connectivity index (χ4n) is 2.19. The molecule has 0 heterocycles. The summed E-state index contributed by atoms with van der Waals surface area (Å²) in [6, 6.07) is 12.5. The molecule has 0 bridgehead atoms. The second kappa shape index (κ2) is 7.86. The number of amides is 1. The summed E-state index contributed by atoms with van der Waals surface area (Å²) in [5.41, 5.74) is 2.03. The van der Waals surface area contributed by atoms with Crippen molar-refractivity contribution in [1.82, 2.24) is 5.32 Å². The van der Waals surface area contributed by atoms with Crippen molar-refractivity contribution in [3.8, 4) is 0 Å². The minimum atomic E-state index is -4.34. The molecule has 2 aromatic rings. The Morgan fingerprint density at radius 1 is 1.04 bits per heavy atom. The Morgan fingerprint density at radius 2 is 1.71 bits per heavy atom. The Balaban J connectivity index is 1.74. The molecule has 1 amide bonds. The van der Waals surface area contributed by atoms with E-state index in [0.29, 0.717) is 18.8 Å². The number of benzene rings is 2. The lowest BCUT2D eigenvalue weighted by molar-refractivity contribution is -0.137. The smallest absolute Gasteiger partial charge is 0.385 e. The number of aryl methyl sites for hydroxylation is 1. The number of alkyl halides is 3. The second-order valence-electron chi connectivity index (χ2n) is 5.46. The fourth-order valence-corrected chi connectivity index (χ4v) is 2.19. The molecular formula is C18H19F3N2O. The first kappa shape index (κ1) is 17.8. The van der Waals surface area contributed by atoms with Gasteiger partial charge in [0.05, 0.1) is 5.56 Å². The van der Waals surface area contributed by atoms with Crippen LogP contribution in [0.4, 0.5) is 18.9 Å². The fraction of sp³-hybridized carbons (Fsp3) is 0.278. The highest BCUT2D eigenvalue weighted by atomic mass is 19.4. The van der Waals surface area contributed by atoms with E-state index in [4.69, 9.17) is 0 Å². The molecule has 0 atom stereocenters. The Hall–Kier alpha value is -2.50. The summed E-state index contributed by atoms with van der Waals surface area (Å²) in [5, 5.41) is 5.76. The van der Waals surface area contributed by atoms with Gasteiger partial charge in [-0.1, -0.05) is 24.3 Å². The minimum absolute atomic E-state index is 0.113. The maximum Gasteiger partial charge on any atom is 0.416 e. The van der Waals surface area contributed by atoms with Crippen molar-refractivity contribution in [3.63, 3.8) is 0 Å². The Morgan fingerprint density at radius 3 is 2.33 bits per heavy atom. The van der Waals surface area contributed by atoms with Gasteiger partial charge in [-0.05, 0) is 42.3 Å². The largest absolute Gasteiger partial charge is 0.416 e. The molecule has 0 fully saturated rings. The van der Waals surface area contributed by atoms with Gasteiger partial charge < -0.3 is 10.6 Å². The lowest BCUT2D eigenvalue weighted by Crippen LogP contribution is -2.25. The first-order valence-corrected chi connectivity index (χ1v) is 7.58. The predicted molar refractivity (Wildman–Crippen MR) is 87.6 cm³/mol. The van der Waals surface area contributed by atoms with E-state index in [1.165, 1.54) is 12.1 Å². The van der Waals surface area contributed by atoms with Crippen LogP contribution in [0.1, 0.15) is 23.1 Å². The molecule has 0 aliphatic heterocycles. The topological polar surface area (TPSA) is 41.1 Å². The number of nitrogens with one attached hydrogen (secondary N) is 2. The van der Waals surface area contributed by atoms with Gasteiger partial charge in [0.1, 0.15) is 0 Å². The summed E-state index contributed by atoms with van der Waals surface area (Å²) in [7, 11) is 0. The molecule has 0 aliphatic carbocycles. The summed E-state index contributed by atoms with van der Waals surface area (Å²) in [6.45, 7) is 2.80. The molecule has 0 spiro atoms. The molecule has 24 heavy (non-hydrogen) atoms. The van der Waals surface area contributed by atoms with Gasteiger partial charge in [0.25, 0.3) is 0 Å². The molecule has 0 radical (unpaired) electrons. The Labute approximate surface area is 138 Å². The van der Waals surface area contributed by atoms with Gasteiger partial charge >= 0.3 is 6.18 Å². The van der Waals surface area contributed by atoms with Crippen LogP contribution in [0.15, 0.2) is 48.5 Å². The van der Waals surface area contributed by atoms with Crippen LogP contribution in [-0.4, -0.2) is 12.5 Å². The zero-order valence-electron chi connectivity index (χ0n) is 13.3. The molecule has 0 saturated heterocycles. The highest BCUT2D eigenvalue weighted by molar-refractivity contribution is 5.76. The van der Waals surface area contributed by atoms with Gasteiger partial charge in [-0.15, -0.1) is 0 Å². The monoisotopic (exact) mass is 336 g/mol. The molecule has 2 N–H and O–H groups in total. The Kier molecular flexibility index (Phi) is 5.84. The summed E-state index contributed by atoms with van der Waals surface area (Å²) >= 11 is 0. The average Bonchev–Trinajstić information content (AvgIpc) is 2.54. The molecule has 0 aliphatic rings. The van der Waals surface area contributed by atoms with E-state index in [9.17, 15) is 18.0 Å². The number of hydrogen-bond donors (Lipinski definition) is 2. The van der Waals surface area contributed by atoms with Crippen molar-refractivity contribution in [3.05, 3.63) is 65.2 Å². The van der Waals surface area contributed by atoms with E-state index in [2.05, 4.69) is 10.6 Å². The Bertz CT molecular complexity index is 681. The zero-order valence-corrected chi connectivity index (χ0v) is 13.3. The number of carbonyl (C=O) groups excluding carboxylic acids is 1. The standard InChI is InChI=1S/C18H19F3N2O/c1-13-4-2-3-5-14(13)12-23-17(24)10-11-22-16-8-6-15(7-9-16)18(19,20)21/h2-9,22H,10-12H2,1H3,(H,23,24). The van der Waals surface area contributed by atoms with Crippen LogP contribution < -0.4 is 10.6 Å². The number of halogens is 3. The predicted octanol–water partition coefficient (Wildman–Crippen LogP) is 4.13. The summed E-state index contributed by atoms with van der Waals surface area (Å²) in [6.07, 6.45) is -4.10. The molecule has 2 aromatic carbocycles. The molecule has 0 unspecified atom stereocenters. The van der Waals surface area contributed by atoms with Crippen molar-refractivity contribution in [2.75, 3.05) is 11.9 Å². The van der Waals surface area contributed by atoms with Gasteiger partial charge in [-0.25, -0.2) is 0 Å². The van der Waals surface area contributed by atoms with E-state index < -0.39 is 11.7 Å². The number of rotatable bonds is 6. The summed E-state index contributed by atoms with van der Waals surface area (Å²) in [4.78, 5) is 11.8. The average molecular weight is 336 g/mol. The van der Waals surface area contributed by atoms with Crippen molar-refractivity contribution >= 4 is 11.6 Å². The highest BCUT2D eigenvalue weighted by Crippen LogP contribution is 2.29. The van der Waals surface area contributed by atoms with Crippen LogP contribution in [0.5, 0.6) is 0 Å². The molecule has 6 heteroatoms. The third kappa shape index (κ3) is 5.30. The van der Waals surface area contributed by atoms with Crippen LogP contribution in [-0.2, 0) is 17.5 Å². The number of anilines is 1. The third-order valence-electron chi connectivity index (χ3n) is 3.63. The van der Waals surface area contributed by atoms with E-state index in [0.717, 1.165) is 23.3 Å². The van der Waals surface area contributed by atoms with Gasteiger partial charge in [0.15, 0.2) is 0 Å². The SMILES string of the molecule is Cc1ccccc1CNC(=O)CCNc1ccc(C(F)(F)F)cc1. The maximum absolute atomic E-state index is 12.5. The van der Waals surface area contributed by atoms with Crippen molar-refractivity contribution in [2.45, 2.75) is 26.1 Å². The normalized spacial score (nSPS) is 11.2. The first-order chi connectivity index (χ1) is 11.4. The molecule has 128 valence electrons. The van der Waals surface area contributed by atoms with Gasteiger partial charge in [0, 0.05) is 25.2 Å². The van der Waals surface area contributed by atoms with Crippen molar-refractivity contribution in [2.24, 2.45) is 0 Å². The third-order valence-corrected chi connectivity index (χ3v) is 3.63. The summed E-state index contributed by atoms with van der Waals surface area (Å²) in [5.74, 6) is -0.113. The molecular weight excluding hydrogens is 317 g/mol. The van der Waals surface area contributed by atoms with Crippen LogP contribution >= 0.6 is 0 Å². The maximum atomic E-state index is 12.5. The van der Waals surface area contributed by atoms with Crippen LogP contribution in [0.2, 0.25) is 0 Å². The minimum Gasteiger partial charge on any atom is -0.385 e. The second-order valence-corrected chi connectivity index (χ2v) is 5.46. The van der Waals surface area contributed by atoms with E-state index in [1.807, 2.05) is 31.2 Å². The zero-order chi connectivity index (χ0) is 17.6. The highest BCUT2D eigenvalue weighted by Gasteiger charge is 2.29. The van der Waals surface area contributed by atoms with E-state index in [1.54, 1.807) is 0 Å². The number of hydrogen-bond acceptors (Lipinski definition) is 2. The molecule has 0 aromatic heterocycles. The van der Waals surface area contributed by atoms with Crippen molar-refractivity contribution < 1.29 is 18.0 Å². The van der Waals surface area contributed by atoms with Gasteiger partial charge in [-0.3, -0.25) is 4.79 Å². The van der Waals surface area contributed by atoms with E-state index in [-0.39, 0.29) is 12.3 Å². The van der Waals surface area contributed by atoms with Gasteiger partial charge in [-0.2, -0.15) is 13.2 Å².